The van der Waals surface area contributed by atoms with E-state index in [2.05, 4.69) is 56.6 Å². The monoisotopic (exact) mass is 429 g/mol. The molecular formula is C24H39N5O2. The summed E-state index contributed by atoms with van der Waals surface area (Å²) in [5.41, 5.74) is 2.31. The fourth-order valence-corrected chi connectivity index (χ4v) is 4.53. The highest BCUT2D eigenvalue weighted by atomic mass is 16.2. The van der Waals surface area contributed by atoms with E-state index in [4.69, 9.17) is 0 Å². The van der Waals surface area contributed by atoms with Crippen molar-refractivity contribution in [2.75, 3.05) is 58.8 Å². The molecule has 2 N–H and O–H groups in total. The third kappa shape index (κ3) is 6.94. The zero-order chi connectivity index (χ0) is 22.2. The highest BCUT2D eigenvalue weighted by Gasteiger charge is 2.26. The first-order chi connectivity index (χ1) is 14.9. The lowest BCUT2D eigenvalue weighted by molar-refractivity contribution is -0.139. The number of hydrogen-bond donors (Lipinski definition) is 2. The Balaban J connectivity index is 1.62. The van der Waals surface area contributed by atoms with Gasteiger partial charge in [-0.1, -0.05) is 37.8 Å². The Morgan fingerprint density at radius 3 is 2.16 bits per heavy atom. The first-order valence-electron chi connectivity index (χ1n) is 11.7. The van der Waals surface area contributed by atoms with Crippen LogP contribution in [0.2, 0.25) is 0 Å². The van der Waals surface area contributed by atoms with E-state index >= 15 is 0 Å². The van der Waals surface area contributed by atoms with Gasteiger partial charge in [0.05, 0.1) is 6.04 Å². The molecule has 2 fully saturated rings. The van der Waals surface area contributed by atoms with Crippen LogP contribution < -0.4 is 15.5 Å². The minimum Gasteiger partial charge on any atom is -0.378 e. The van der Waals surface area contributed by atoms with Gasteiger partial charge >= 0.3 is 11.8 Å². The Kier molecular flexibility index (Phi) is 8.72. The number of piperazine rings is 1. The summed E-state index contributed by atoms with van der Waals surface area (Å²) < 4.78 is 0. The highest BCUT2D eigenvalue weighted by Crippen LogP contribution is 2.24. The van der Waals surface area contributed by atoms with Crippen molar-refractivity contribution in [1.82, 2.24) is 20.4 Å². The lowest BCUT2D eigenvalue weighted by Gasteiger charge is -2.38. The van der Waals surface area contributed by atoms with Crippen LogP contribution in [0, 0.1) is 0 Å². The SMILES string of the molecule is CN1CCN(C(CNC(=O)C(=O)NC2CCCCCC2)c2ccc(N(C)C)cc2)CC1. The predicted octanol–water partition coefficient (Wildman–Crippen LogP) is 2.00. The highest BCUT2D eigenvalue weighted by molar-refractivity contribution is 6.35. The lowest BCUT2D eigenvalue weighted by atomic mass is 10.0. The molecule has 1 aliphatic heterocycles. The number of carbonyl (C=O) groups is 2. The molecule has 2 amide bonds. The molecule has 0 spiro atoms. The van der Waals surface area contributed by atoms with E-state index in [1.165, 1.54) is 18.4 Å². The molecule has 3 rings (SSSR count). The van der Waals surface area contributed by atoms with Crippen LogP contribution >= 0.6 is 0 Å². The van der Waals surface area contributed by atoms with Gasteiger partial charge in [-0.05, 0) is 37.6 Å². The van der Waals surface area contributed by atoms with E-state index in [9.17, 15) is 9.59 Å². The normalized spacial score (nSPS) is 20.0. The Labute approximate surface area is 187 Å². The zero-order valence-electron chi connectivity index (χ0n) is 19.4. The zero-order valence-corrected chi connectivity index (χ0v) is 19.4. The molecule has 0 bridgehead atoms. The number of carbonyl (C=O) groups excluding carboxylic acids is 2. The van der Waals surface area contributed by atoms with Gasteiger partial charge in [-0.25, -0.2) is 0 Å². The van der Waals surface area contributed by atoms with E-state index in [1.807, 2.05) is 14.1 Å². The van der Waals surface area contributed by atoms with Crippen molar-refractivity contribution in [3.8, 4) is 0 Å². The fourth-order valence-electron chi connectivity index (χ4n) is 4.53. The summed E-state index contributed by atoms with van der Waals surface area (Å²) >= 11 is 0. The van der Waals surface area contributed by atoms with Crippen molar-refractivity contribution in [2.24, 2.45) is 0 Å². The topological polar surface area (TPSA) is 67.9 Å². The second-order valence-corrected chi connectivity index (χ2v) is 9.21. The van der Waals surface area contributed by atoms with Crippen LogP contribution in [0.3, 0.4) is 0 Å². The molecule has 0 aromatic heterocycles. The van der Waals surface area contributed by atoms with Crippen LogP contribution in [-0.2, 0) is 9.59 Å². The van der Waals surface area contributed by atoms with Gasteiger partial charge < -0.3 is 20.4 Å². The number of nitrogens with zero attached hydrogens (tertiary/aromatic N) is 3. The molecule has 1 aromatic carbocycles. The molecule has 1 heterocycles. The molecule has 7 nitrogen and oxygen atoms in total. The van der Waals surface area contributed by atoms with Crippen molar-refractivity contribution >= 4 is 17.5 Å². The Morgan fingerprint density at radius 1 is 0.968 bits per heavy atom. The molecule has 0 radical (unpaired) electrons. The second-order valence-electron chi connectivity index (χ2n) is 9.21. The van der Waals surface area contributed by atoms with Crippen LogP contribution in [0.15, 0.2) is 24.3 Å². The first kappa shape index (κ1) is 23.5. The summed E-state index contributed by atoms with van der Waals surface area (Å²) in [6.45, 7) is 4.33. The average molecular weight is 430 g/mol. The first-order valence-corrected chi connectivity index (χ1v) is 11.7. The lowest BCUT2D eigenvalue weighted by Crippen LogP contribution is -2.50. The van der Waals surface area contributed by atoms with Gasteiger partial charge in [0.25, 0.3) is 0 Å². The van der Waals surface area contributed by atoms with Crippen LogP contribution in [0.5, 0.6) is 0 Å². The minimum absolute atomic E-state index is 0.0551. The summed E-state index contributed by atoms with van der Waals surface area (Å²) in [6, 6.07) is 8.68. The molecule has 1 unspecified atom stereocenters. The number of amides is 2. The maximum atomic E-state index is 12.6. The van der Waals surface area contributed by atoms with Gasteiger partial charge in [0.15, 0.2) is 0 Å². The Morgan fingerprint density at radius 2 is 1.58 bits per heavy atom. The second kappa shape index (κ2) is 11.5. The smallest absolute Gasteiger partial charge is 0.309 e. The number of anilines is 1. The summed E-state index contributed by atoms with van der Waals surface area (Å²) in [5.74, 6) is -1.01. The van der Waals surface area contributed by atoms with E-state index < -0.39 is 11.8 Å². The molecule has 1 aromatic rings. The predicted molar refractivity (Wildman–Crippen MR) is 125 cm³/mol. The molecule has 1 saturated carbocycles. The van der Waals surface area contributed by atoms with Crippen molar-refractivity contribution in [3.05, 3.63) is 29.8 Å². The van der Waals surface area contributed by atoms with E-state index in [-0.39, 0.29) is 12.1 Å². The molecule has 1 aliphatic carbocycles. The minimum atomic E-state index is -0.520. The third-order valence-corrected chi connectivity index (χ3v) is 6.63. The van der Waals surface area contributed by atoms with Crippen LogP contribution in [0.25, 0.3) is 0 Å². The summed E-state index contributed by atoms with van der Waals surface area (Å²) in [6.07, 6.45) is 6.64. The largest absolute Gasteiger partial charge is 0.378 e. The molecule has 7 heteroatoms. The molecule has 2 aliphatic rings. The fraction of sp³-hybridized carbons (Fsp3) is 0.667. The van der Waals surface area contributed by atoms with Gasteiger partial charge in [-0.2, -0.15) is 0 Å². The van der Waals surface area contributed by atoms with Crippen LogP contribution in [0.1, 0.15) is 50.1 Å². The van der Waals surface area contributed by atoms with Gasteiger partial charge in [0.2, 0.25) is 0 Å². The van der Waals surface area contributed by atoms with Gasteiger partial charge in [-0.3, -0.25) is 14.5 Å². The summed E-state index contributed by atoms with van der Waals surface area (Å²) in [7, 11) is 6.19. The van der Waals surface area contributed by atoms with E-state index in [0.717, 1.165) is 57.5 Å². The summed E-state index contributed by atoms with van der Waals surface area (Å²) in [5, 5.41) is 5.87. The van der Waals surface area contributed by atoms with Crippen LogP contribution in [-0.4, -0.2) is 81.5 Å². The Bertz CT molecular complexity index is 705. The molecular weight excluding hydrogens is 390 g/mol. The number of hydrogen-bond acceptors (Lipinski definition) is 5. The molecule has 1 atom stereocenters. The molecule has 31 heavy (non-hydrogen) atoms. The van der Waals surface area contributed by atoms with Crippen molar-refractivity contribution in [2.45, 2.75) is 50.6 Å². The van der Waals surface area contributed by atoms with Gasteiger partial charge in [0, 0.05) is 58.5 Å². The maximum absolute atomic E-state index is 12.6. The van der Waals surface area contributed by atoms with Gasteiger partial charge in [-0.15, -0.1) is 0 Å². The van der Waals surface area contributed by atoms with Gasteiger partial charge in [0.1, 0.15) is 0 Å². The number of likely N-dealkylation sites (N-methyl/N-ethyl adjacent to an activating group) is 1. The van der Waals surface area contributed by atoms with Crippen LogP contribution in [0.4, 0.5) is 5.69 Å². The van der Waals surface area contributed by atoms with E-state index in [0.29, 0.717) is 6.54 Å². The number of benzene rings is 1. The van der Waals surface area contributed by atoms with Crippen molar-refractivity contribution in [3.63, 3.8) is 0 Å². The Hall–Kier alpha value is -2.12. The summed E-state index contributed by atoms with van der Waals surface area (Å²) in [4.78, 5) is 31.8. The quantitative estimate of drug-likeness (QED) is 0.535. The maximum Gasteiger partial charge on any atom is 0.309 e. The molecule has 172 valence electrons. The van der Waals surface area contributed by atoms with E-state index in [1.54, 1.807) is 0 Å². The third-order valence-electron chi connectivity index (χ3n) is 6.63. The number of nitrogens with one attached hydrogen (secondary N) is 2. The van der Waals surface area contributed by atoms with Crippen molar-refractivity contribution in [1.29, 1.82) is 0 Å². The average Bonchev–Trinajstić information content (AvgIpc) is 3.04. The van der Waals surface area contributed by atoms with Crippen molar-refractivity contribution < 1.29 is 9.59 Å². The number of rotatable bonds is 6. The standard InChI is InChI=1S/C24H39N5O2/c1-27(2)21-12-10-19(11-13-21)22(29-16-14-28(3)15-17-29)18-25-23(30)24(31)26-20-8-6-4-5-7-9-20/h10-13,20,22H,4-9,14-18H2,1-3H3,(H,25,30)(H,26,31). The molecule has 1 saturated heterocycles.